The van der Waals surface area contributed by atoms with Crippen LogP contribution in [0.5, 0.6) is 5.75 Å². The molecule has 0 radical (unpaired) electrons. The Labute approximate surface area is 207 Å². The molecule has 0 aliphatic heterocycles. The minimum absolute atomic E-state index is 0.190. The van der Waals surface area contributed by atoms with Gasteiger partial charge in [0.1, 0.15) is 5.75 Å². The Balaban J connectivity index is 1.34. The van der Waals surface area contributed by atoms with E-state index in [1.54, 1.807) is 24.3 Å². The van der Waals surface area contributed by atoms with E-state index < -0.39 is 11.6 Å². The van der Waals surface area contributed by atoms with E-state index in [1.807, 2.05) is 6.08 Å². The first-order valence-electron chi connectivity index (χ1n) is 12.7. The standard InChI is InChI=1S/C29H33ClO4/c1-3-28-14-12-24-23-11-9-21(31)16-19(23)8-10-25(24)26(28)13-15-29(28,4-2)34-27(32)18-33-22-7-5-6-20(30)17-22/h2,5-7,16-17,23-26H,3,8-15,18H2,1H3/t23?,24?,25?,26?,28-,29-/m0/s1. The Kier molecular flexibility index (Phi) is 6.27. The van der Waals surface area contributed by atoms with E-state index >= 15 is 0 Å². The highest BCUT2D eigenvalue weighted by atomic mass is 35.5. The summed E-state index contributed by atoms with van der Waals surface area (Å²) >= 11 is 6.02. The summed E-state index contributed by atoms with van der Waals surface area (Å²) < 4.78 is 11.8. The number of ketones is 1. The third kappa shape index (κ3) is 3.77. The van der Waals surface area contributed by atoms with Gasteiger partial charge in [-0.2, -0.15) is 0 Å². The predicted octanol–water partition coefficient (Wildman–Crippen LogP) is 6.17. The van der Waals surface area contributed by atoms with Crippen LogP contribution in [0.15, 0.2) is 35.9 Å². The molecule has 0 amide bonds. The van der Waals surface area contributed by atoms with Gasteiger partial charge in [-0.15, -0.1) is 6.42 Å². The van der Waals surface area contributed by atoms with Gasteiger partial charge in [0.15, 0.2) is 18.0 Å². The van der Waals surface area contributed by atoms with Gasteiger partial charge < -0.3 is 9.47 Å². The lowest BCUT2D eigenvalue weighted by molar-refractivity contribution is -0.175. The van der Waals surface area contributed by atoms with Crippen LogP contribution in [0.25, 0.3) is 0 Å². The number of carbonyl (C=O) groups is 2. The highest BCUT2D eigenvalue weighted by Crippen LogP contribution is 2.67. The van der Waals surface area contributed by atoms with Crippen molar-refractivity contribution < 1.29 is 19.1 Å². The number of benzene rings is 1. The number of terminal acetylenes is 1. The Bertz CT molecular complexity index is 1050. The molecular formula is C29H33ClO4. The Morgan fingerprint density at radius 1 is 1.18 bits per heavy atom. The largest absolute Gasteiger partial charge is 0.482 e. The van der Waals surface area contributed by atoms with Crippen molar-refractivity contribution in [2.45, 2.75) is 70.3 Å². The van der Waals surface area contributed by atoms with Crippen molar-refractivity contribution in [3.63, 3.8) is 0 Å². The van der Waals surface area contributed by atoms with Gasteiger partial charge in [0.25, 0.3) is 0 Å². The van der Waals surface area contributed by atoms with E-state index in [-0.39, 0.29) is 12.0 Å². The Hall–Kier alpha value is -2.25. The number of allylic oxidation sites excluding steroid dienone is 1. The summed E-state index contributed by atoms with van der Waals surface area (Å²) in [5.74, 6) is 5.59. The van der Waals surface area contributed by atoms with Crippen molar-refractivity contribution in [3.8, 4) is 18.1 Å². The molecule has 4 nitrogen and oxygen atoms in total. The zero-order valence-electron chi connectivity index (χ0n) is 19.9. The maximum absolute atomic E-state index is 12.9. The third-order valence-electron chi connectivity index (χ3n) is 9.42. The fourth-order valence-electron chi connectivity index (χ4n) is 8.04. The molecule has 4 unspecified atom stereocenters. The number of fused-ring (bicyclic) bond motifs is 5. The average Bonchev–Trinajstić information content (AvgIpc) is 3.17. The third-order valence-corrected chi connectivity index (χ3v) is 9.66. The van der Waals surface area contributed by atoms with Crippen molar-refractivity contribution in [2.24, 2.45) is 29.1 Å². The molecule has 0 aromatic heterocycles. The number of rotatable bonds is 5. The molecule has 1 aromatic carbocycles. The van der Waals surface area contributed by atoms with Gasteiger partial charge in [-0.3, -0.25) is 4.79 Å². The molecule has 0 N–H and O–H groups in total. The van der Waals surface area contributed by atoms with E-state index in [2.05, 4.69) is 12.8 Å². The van der Waals surface area contributed by atoms with Gasteiger partial charge in [0.2, 0.25) is 0 Å². The summed E-state index contributed by atoms with van der Waals surface area (Å²) in [4.78, 5) is 24.9. The normalized spacial score (nSPS) is 36.4. The minimum Gasteiger partial charge on any atom is -0.482 e. The molecule has 3 fully saturated rings. The van der Waals surface area contributed by atoms with Crippen LogP contribution in [0.1, 0.15) is 64.7 Å². The van der Waals surface area contributed by atoms with Crippen molar-refractivity contribution in [1.82, 2.24) is 0 Å². The molecule has 3 saturated carbocycles. The van der Waals surface area contributed by atoms with E-state index in [9.17, 15) is 9.59 Å². The molecule has 5 rings (SSSR count). The molecule has 34 heavy (non-hydrogen) atoms. The van der Waals surface area contributed by atoms with E-state index in [1.165, 1.54) is 5.57 Å². The average molecular weight is 481 g/mol. The first kappa shape index (κ1) is 23.5. The first-order chi connectivity index (χ1) is 16.4. The van der Waals surface area contributed by atoms with Gasteiger partial charge in [-0.05, 0) is 99.3 Å². The maximum atomic E-state index is 12.9. The summed E-state index contributed by atoms with van der Waals surface area (Å²) in [5.41, 5.74) is 0.304. The van der Waals surface area contributed by atoms with Gasteiger partial charge in [-0.25, -0.2) is 4.79 Å². The van der Waals surface area contributed by atoms with Crippen molar-refractivity contribution >= 4 is 23.4 Å². The Morgan fingerprint density at radius 3 is 2.79 bits per heavy atom. The molecule has 0 heterocycles. The zero-order valence-corrected chi connectivity index (χ0v) is 20.6. The van der Waals surface area contributed by atoms with Crippen molar-refractivity contribution in [3.05, 3.63) is 40.9 Å². The smallest absolute Gasteiger partial charge is 0.345 e. The Morgan fingerprint density at radius 2 is 2.03 bits per heavy atom. The molecule has 0 saturated heterocycles. The highest BCUT2D eigenvalue weighted by molar-refractivity contribution is 6.30. The van der Waals surface area contributed by atoms with Crippen LogP contribution in [-0.4, -0.2) is 24.0 Å². The topological polar surface area (TPSA) is 52.6 Å². The van der Waals surface area contributed by atoms with Crippen LogP contribution >= 0.6 is 11.6 Å². The van der Waals surface area contributed by atoms with Gasteiger partial charge in [0.05, 0.1) is 0 Å². The van der Waals surface area contributed by atoms with Gasteiger partial charge in [0, 0.05) is 16.9 Å². The molecule has 5 heteroatoms. The fraction of sp³-hybridized carbons (Fsp3) is 0.586. The lowest BCUT2D eigenvalue weighted by Crippen LogP contribution is -2.55. The molecule has 0 spiro atoms. The number of carbonyl (C=O) groups excluding carboxylic acids is 2. The zero-order chi connectivity index (χ0) is 23.9. The van der Waals surface area contributed by atoms with Gasteiger partial charge >= 0.3 is 5.97 Å². The second-order valence-corrected chi connectivity index (χ2v) is 11.0. The number of esters is 1. The minimum atomic E-state index is -0.884. The van der Waals surface area contributed by atoms with E-state index in [0.29, 0.717) is 53.1 Å². The summed E-state index contributed by atoms with van der Waals surface area (Å²) in [6, 6.07) is 6.98. The van der Waals surface area contributed by atoms with E-state index in [4.69, 9.17) is 27.5 Å². The summed E-state index contributed by atoms with van der Waals surface area (Å²) in [6.45, 7) is 2.01. The first-order valence-corrected chi connectivity index (χ1v) is 13.1. The predicted molar refractivity (Wildman–Crippen MR) is 131 cm³/mol. The van der Waals surface area contributed by atoms with Crippen LogP contribution in [0.4, 0.5) is 0 Å². The summed E-state index contributed by atoms with van der Waals surface area (Å²) in [6.07, 6.45) is 16.6. The number of ether oxygens (including phenoxy) is 2. The van der Waals surface area contributed by atoms with Crippen LogP contribution in [0.2, 0.25) is 5.02 Å². The van der Waals surface area contributed by atoms with Crippen LogP contribution in [-0.2, 0) is 14.3 Å². The number of hydrogen-bond acceptors (Lipinski definition) is 4. The number of halogens is 1. The lowest BCUT2D eigenvalue weighted by Gasteiger charge is -2.56. The molecule has 4 aliphatic rings. The second kappa shape index (κ2) is 9.08. The molecule has 180 valence electrons. The van der Waals surface area contributed by atoms with Crippen LogP contribution in [0.3, 0.4) is 0 Å². The quantitative estimate of drug-likeness (QED) is 0.373. The summed E-state index contributed by atoms with van der Waals surface area (Å²) in [5, 5.41) is 0.555. The maximum Gasteiger partial charge on any atom is 0.345 e. The second-order valence-electron chi connectivity index (χ2n) is 10.6. The molecular weight excluding hydrogens is 448 g/mol. The van der Waals surface area contributed by atoms with Crippen LogP contribution < -0.4 is 4.74 Å². The monoisotopic (exact) mass is 480 g/mol. The van der Waals surface area contributed by atoms with Crippen molar-refractivity contribution in [2.75, 3.05) is 6.61 Å². The molecule has 6 atom stereocenters. The van der Waals surface area contributed by atoms with E-state index in [0.717, 1.165) is 44.9 Å². The lowest BCUT2D eigenvalue weighted by atomic mass is 9.49. The van der Waals surface area contributed by atoms with Crippen LogP contribution in [0, 0.1) is 41.4 Å². The molecule has 1 aromatic rings. The summed E-state index contributed by atoms with van der Waals surface area (Å²) in [7, 11) is 0. The van der Waals surface area contributed by atoms with Crippen molar-refractivity contribution in [1.29, 1.82) is 0 Å². The van der Waals surface area contributed by atoms with Gasteiger partial charge in [-0.1, -0.05) is 36.1 Å². The highest BCUT2D eigenvalue weighted by Gasteiger charge is 2.65. The molecule has 0 bridgehead atoms. The SMILES string of the molecule is C#C[C@]1(OC(=O)COc2cccc(Cl)c2)CCC2C3CCC4=CC(=O)CCC4C3CC[C@@]21CC. The fourth-order valence-corrected chi connectivity index (χ4v) is 8.22. The number of hydrogen-bond donors (Lipinski definition) is 0. The molecule has 4 aliphatic carbocycles.